The van der Waals surface area contributed by atoms with E-state index in [1.165, 1.54) is 18.2 Å². The zero-order valence-electron chi connectivity index (χ0n) is 10.5. The van der Waals surface area contributed by atoms with Crippen molar-refractivity contribution in [3.8, 4) is 11.5 Å². The Morgan fingerprint density at radius 2 is 1.70 bits per heavy atom. The summed E-state index contributed by atoms with van der Waals surface area (Å²) < 4.78 is 39.5. The molecular formula is C14H12F3NO2. The van der Waals surface area contributed by atoms with Crippen LogP contribution >= 0.6 is 0 Å². The van der Waals surface area contributed by atoms with Gasteiger partial charge < -0.3 is 15.5 Å². The van der Waals surface area contributed by atoms with Gasteiger partial charge in [-0.25, -0.2) is 13.2 Å². The molecule has 0 radical (unpaired) electrons. The normalized spacial score (nSPS) is 12.2. The van der Waals surface area contributed by atoms with Crippen LogP contribution in [0.2, 0.25) is 0 Å². The van der Waals surface area contributed by atoms with Crippen LogP contribution in [0.25, 0.3) is 0 Å². The number of anilines is 1. The van der Waals surface area contributed by atoms with Crippen LogP contribution in [0.1, 0.15) is 18.5 Å². The van der Waals surface area contributed by atoms with Gasteiger partial charge in [0.1, 0.15) is 11.5 Å². The summed E-state index contributed by atoms with van der Waals surface area (Å²) in [6.45, 7) is 1.58. The molecular weight excluding hydrogens is 271 g/mol. The summed E-state index contributed by atoms with van der Waals surface area (Å²) >= 11 is 0. The van der Waals surface area contributed by atoms with Crippen LogP contribution in [0.5, 0.6) is 11.5 Å². The number of hydrogen-bond donors (Lipinski definition) is 3. The molecule has 20 heavy (non-hydrogen) atoms. The molecule has 0 aliphatic heterocycles. The monoisotopic (exact) mass is 283 g/mol. The van der Waals surface area contributed by atoms with Crippen LogP contribution in [0.15, 0.2) is 30.3 Å². The highest BCUT2D eigenvalue weighted by atomic mass is 19.2. The van der Waals surface area contributed by atoms with Crippen LogP contribution in [-0.4, -0.2) is 10.2 Å². The summed E-state index contributed by atoms with van der Waals surface area (Å²) in [6.07, 6.45) is 0. The fraction of sp³-hybridized carbons (Fsp3) is 0.143. The Morgan fingerprint density at radius 3 is 2.40 bits per heavy atom. The Hall–Kier alpha value is -2.37. The van der Waals surface area contributed by atoms with E-state index in [1.807, 2.05) is 0 Å². The van der Waals surface area contributed by atoms with Gasteiger partial charge >= 0.3 is 0 Å². The molecule has 1 unspecified atom stereocenters. The van der Waals surface area contributed by atoms with E-state index in [-0.39, 0.29) is 17.2 Å². The molecule has 1 atom stereocenters. The average Bonchev–Trinajstić information content (AvgIpc) is 2.42. The molecule has 0 heterocycles. The molecule has 0 bridgehead atoms. The summed E-state index contributed by atoms with van der Waals surface area (Å²) in [7, 11) is 0. The maximum absolute atomic E-state index is 13.5. The van der Waals surface area contributed by atoms with Crippen LogP contribution in [0.3, 0.4) is 0 Å². The zero-order chi connectivity index (χ0) is 14.9. The van der Waals surface area contributed by atoms with Gasteiger partial charge in [0, 0.05) is 5.56 Å². The first kappa shape index (κ1) is 14.0. The molecule has 0 aromatic heterocycles. The molecule has 0 saturated heterocycles. The lowest BCUT2D eigenvalue weighted by Crippen LogP contribution is -2.09. The van der Waals surface area contributed by atoms with E-state index >= 15 is 0 Å². The fourth-order valence-electron chi connectivity index (χ4n) is 1.84. The number of halogens is 3. The third kappa shape index (κ3) is 2.64. The first-order chi connectivity index (χ1) is 9.40. The minimum absolute atomic E-state index is 0.0720. The number of benzene rings is 2. The third-order valence-electron chi connectivity index (χ3n) is 2.88. The minimum atomic E-state index is -1.57. The van der Waals surface area contributed by atoms with Gasteiger partial charge in [0.25, 0.3) is 0 Å². The first-order valence-electron chi connectivity index (χ1n) is 5.82. The van der Waals surface area contributed by atoms with Crippen molar-refractivity contribution in [2.75, 3.05) is 5.32 Å². The van der Waals surface area contributed by atoms with Crippen molar-refractivity contribution in [1.82, 2.24) is 0 Å². The zero-order valence-corrected chi connectivity index (χ0v) is 10.5. The largest absolute Gasteiger partial charge is 0.508 e. The van der Waals surface area contributed by atoms with Crippen molar-refractivity contribution in [3.63, 3.8) is 0 Å². The van der Waals surface area contributed by atoms with Gasteiger partial charge in [-0.1, -0.05) is 0 Å². The topological polar surface area (TPSA) is 52.5 Å². The lowest BCUT2D eigenvalue weighted by Gasteiger charge is -2.17. The Kier molecular flexibility index (Phi) is 3.74. The van der Waals surface area contributed by atoms with Crippen LogP contribution in [0.4, 0.5) is 18.9 Å². The molecule has 2 aromatic rings. The Bertz CT molecular complexity index is 647. The van der Waals surface area contributed by atoms with Gasteiger partial charge in [-0.2, -0.15) is 0 Å². The van der Waals surface area contributed by atoms with Crippen LogP contribution in [0, 0.1) is 17.5 Å². The van der Waals surface area contributed by atoms with Gasteiger partial charge in [0.05, 0.1) is 11.7 Å². The summed E-state index contributed by atoms with van der Waals surface area (Å²) in [4.78, 5) is 0. The number of hydrogen-bond acceptors (Lipinski definition) is 3. The van der Waals surface area contributed by atoms with Crippen LogP contribution in [-0.2, 0) is 0 Å². The first-order valence-corrected chi connectivity index (χ1v) is 5.82. The summed E-state index contributed by atoms with van der Waals surface area (Å²) in [6, 6.07) is 5.11. The van der Waals surface area contributed by atoms with E-state index in [2.05, 4.69) is 5.32 Å². The summed E-state index contributed by atoms with van der Waals surface area (Å²) in [5.41, 5.74) is 0.0632. The lowest BCUT2D eigenvalue weighted by molar-refractivity contribution is 0.446. The third-order valence-corrected chi connectivity index (χ3v) is 2.88. The molecule has 0 saturated carbocycles. The van der Waals surface area contributed by atoms with E-state index in [4.69, 9.17) is 0 Å². The van der Waals surface area contributed by atoms with Crippen molar-refractivity contribution >= 4 is 5.69 Å². The standard InChI is InChI=1S/C14H12F3NO2/c1-7(9-6-8(19)2-5-12(9)20)18-11-4-3-10(15)13(16)14(11)17/h2-7,18-20H,1H3. The molecule has 106 valence electrons. The van der Waals surface area contributed by atoms with E-state index in [0.717, 1.165) is 12.1 Å². The molecule has 2 rings (SSSR count). The quantitative estimate of drug-likeness (QED) is 0.595. The van der Waals surface area contributed by atoms with E-state index in [1.54, 1.807) is 6.92 Å². The van der Waals surface area contributed by atoms with Gasteiger partial charge in [0.15, 0.2) is 17.5 Å². The van der Waals surface area contributed by atoms with E-state index < -0.39 is 23.5 Å². The highest BCUT2D eigenvalue weighted by Gasteiger charge is 2.17. The number of aromatic hydroxyl groups is 2. The molecule has 0 amide bonds. The Balaban J connectivity index is 2.30. The average molecular weight is 283 g/mol. The van der Waals surface area contributed by atoms with Crippen molar-refractivity contribution < 1.29 is 23.4 Å². The Labute approximate surface area is 113 Å². The van der Waals surface area contributed by atoms with Gasteiger partial charge in [-0.05, 0) is 37.3 Å². The lowest BCUT2D eigenvalue weighted by atomic mass is 10.1. The van der Waals surface area contributed by atoms with Crippen LogP contribution < -0.4 is 5.32 Å². The second-order valence-corrected chi connectivity index (χ2v) is 4.33. The number of rotatable bonds is 3. The minimum Gasteiger partial charge on any atom is -0.508 e. The van der Waals surface area contributed by atoms with E-state index in [0.29, 0.717) is 5.56 Å². The smallest absolute Gasteiger partial charge is 0.196 e. The highest BCUT2D eigenvalue weighted by Crippen LogP contribution is 2.31. The summed E-state index contributed by atoms with van der Waals surface area (Å²) in [5.74, 6) is -4.36. The molecule has 0 spiro atoms. The molecule has 0 aliphatic carbocycles. The molecule has 0 fully saturated rings. The second-order valence-electron chi connectivity index (χ2n) is 4.33. The van der Waals surface area contributed by atoms with Gasteiger partial charge in [-0.3, -0.25) is 0 Å². The second kappa shape index (κ2) is 5.32. The van der Waals surface area contributed by atoms with Crippen molar-refractivity contribution in [3.05, 3.63) is 53.3 Å². The predicted molar refractivity (Wildman–Crippen MR) is 68.1 cm³/mol. The Morgan fingerprint density at radius 1 is 1.00 bits per heavy atom. The SMILES string of the molecule is CC(Nc1ccc(F)c(F)c1F)c1cc(O)ccc1O. The number of nitrogens with one attached hydrogen (secondary N) is 1. The molecule has 0 aliphatic rings. The predicted octanol–water partition coefficient (Wildman–Crippen LogP) is 3.69. The molecule has 3 N–H and O–H groups in total. The number of phenols is 2. The van der Waals surface area contributed by atoms with Crippen molar-refractivity contribution in [2.24, 2.45) is 0 Å². The summed E-state index contributed by atoms with van der Waals surface area (Å²) in [5, 5.41) is 21.6. The van der Waals surface area contributed by atoms with Gasteiger partial charge in [0.2, 0.25) is 0 Å². The maximum Gasteiger partial charge on any atom is 0.196 e. The van der Waals surface area contributed by atoms with Crippen molar-refractivity contribution in [2.45, 2.75) is 13.0 Å². The molecule has 6 heteroatoms. The fourth-order valence-corrected chi connectivity index (χ4v) is 1.84. The molecule has 2 aromatic carbocycles. The van der Waals surface area contributed by atoms with Gasteiger partial charge in [-0.15, -0.1) is 0 Å². The van der Waals surface area contributed by atoms with E-state index in [9.17, 15) is 23.4 Å². The molecule has 3 nitrogen and oxygen atoms in total. The number of phenolic OH excluding ortho intramolecular Hbond substituents is 2. The maximum atomic E-state index is 13.5. The highest BCUT2D eigenvalue weighted by molar-refractivity contribution is 5.50. The van der Waals surface area contributed by atoms with Crippen molar-refractivity contribution in [1.29, 1.82) is 0 Å².